The third-order valence-electron chi connectivity index (χ3n) is 1.98. The van der Waals surface area contributed by atoms with Crippen LogP contribution in [0.4, 0.5) is 4.79 Å². The maximum Gasteiger partial charge on any atom is 0.421 e. The van der Waals surface area contributed by atoms with Crippen LogP contribution in [0.1, 0.15) is 26.3 Å². The van der Waals surface area contributed by atoms with Gasteiger partial charge in [-0.05, 0) is 38.5 Å². The van der Waals surface area contributed by atoms with E-state index in [9.17, 15) is 13.2 Å². The molecule has 0 aliphatic carbocycles. The van der Waals surface area contributed by atoms with E-state index in [-0.39, 0.29) is 5.02 Å². The Labute approximate surface area is 128 Å². The highest BCUT2D eigenvalue weighted by Crippen LogP contribution is 2.23. The van der Waals surface area contributed by atoms with Gasteiger partial charge in [-0.3, -0.25) is 0 Å². The second-order valence-corrected chi connectivity index (χ2v) is 7.65. The van der Waals surface area contributed by atoms with Gasteiger partial charge in [0.1, 0.15) is 5.60 Å². The van der Waals surface area contributed by atoms with Crippen LogP contribution in [0.25, 0.3) is 0 Å². The first-order chi connectivity index (χ1) is 8.98. The van der Waals surface area contributed by atoms with Crippen LogP contribution in [0.15, 0.2) is 18.2 Å². The van der Waals surface area contributed by atoms with Gasteiger partial charge in [-0.15, -0.1) is 0 Å². The lowest BCUT2D eigenvalue weighted by atomic mass is 10.2. The van der Waals surface area contributed by atoms with Gasteiger partial charge in [0.05, 0.1) is 15.8 Å². The average Bonchev–Trinajstić information content (AvgIpc) is 2.18. The number of hydrogen-bond acceptors (Lipinski definition) is 4. The summed E-state index contributed by atoms with van der Waals surface area (Å²) in [4.78, 5) is 11.4. The molecule has 0 spiro atoms. The van der Waals surface area contributed by atoms with E-state index in [1.165, 1.54) is 18.2 Å². The van der Waals surface area contributed by atoms with Crippen LogP contribution >= 0.6 is 23.2 Å². The number of ether oxygens (including phenoxy) is 1. The van der Waals surface area contributed by atoms with Crippen LogP contribution in [-0.2, 0) is 20.5 Å². The zero-order chi connectivity index (χ0) is 15.6. The summed E-state index contributed by atoms with van der Waals surface area (Å²) in [6.45, 7) is 4.91. The minimum Gasteiger partial charge on any atom is -0.443 e. The molecule has 0 fully saturated rings. The quantitative estimate of drug-likeness (QED) is 0.916. The molecule has 0 unspecified atom stereocenters. The van der Waals surface area contributed by atoms with E-state index in [4.69, 9.17) is 27.9 Å². The van der Waals surface area contributed by atoms with Crippen molar-refractivity contribution in [2.24, 2.45) is 0 Å². The van der Waals surface area contributed by atoms with Gasteiger partial charge >= 0.3 is 6.09 Å². The van der Waals surface area contributed by atoms with Crippen molar-refractivity contribution in [1.29, 1.82) is 0 Å². The molecule has 1 aromatic carbocycles. The fourth-order valence-electron chi connectivity index (χ4n) is 1.31. The van der Waals surface area contributed by atoms with E-state index < -0.39 is 27.5 Å². The van der Waals surface area contributed by atoms with Crippen LogP contribution in [-0.4, -0.2) is 20.1 Å². The van der Waals surface area contributed by atoms with Crippen molar-refractivity contribution in [3.8, 4) is 0 Å². The van der Waals surface area contributed by atoms with Crippen molar-refractivity contribution in [3.05, 3.63) is 33.8 Å². The second kappa shape index (κ2) is 6.20. The predicted molar refractivity (Wildman–Crippen MR) is 78.5 cm³/mol. The Kier molecular flexibility index (Phi) is 5.29. The molecule has 0 saturated carbocycles. The first kappa shape index (κ1) is 17.1. The number of carbonyl (C=O) groups is 1. The SMILES string of the molecule is CC(C)(C)OC(=O)NS(=O)(=O)Cc1ccc(Cl)c(Cl)c1. The summed E-state index contributed by atoms with van der Waals surface area (Å²) in [6.07, 6.45) is -1.02. The molecule has 112 valence electrons. The van der Waals surface area contributed by atoms with Gasteiger partial charge in [-0.1, -0.05) is 29.3 Å². The molecular weight excluding hydrogens is 325 g/mol. The number of nitrogens with one attached hydrogen (secondary N) is 1. The molecule has 1 amide bonds. The van der Waals surface area contributed by atoms with Gasteiger partial charge < -0.3 is 4.74 Å². The third kappa shape index (κ3) is 5.98. The maximum atomic E-state index is 11.8. The fraction of sp³-hybridized carbons (Fsp3) is 0.417. The Bertz CT molecular complexity index is 608. The van der Waals surface area contributed by atoms with Crippen molar-refractivity contribution < 1.29 is 17.9 Å². The lowest BCUT2D eigenvalue weighted by Crippen LogP contribution is -2.36. The van der Waals surface area contributed by atoms with Gasteiger partial charge in [-0.2, -0.15) is 0 Å². The van der Waals surface area contributed by atoms with Crippen LogP contribution in [0.3, 0.4) is 0 Å². The van der Waals surface area contributed by atoms with E-state index in [0.717, 1.165) is 0 Å². The molecule has 0 aromatic heterocycles. The van der Waals surface area contributed by atoms with Crippen molar-refractivity contribution in [1.82, 2.24) is 4.72 Å². The summed E-state index contributed by atoms with van der Waals surface area (Å²) in [5, 5.41) is 0.574. The normalized spacial score (nSPS) is 12.1. The van der Waals surface area contributed by atoms with Crippen LogP contribution in [0.2, 0.25) is 10.0 Å². The van der Waals surface area contributed by atoms with Gasteiger partial charge in [-0.25, -0.2) is 17.9 Å². The molecule has 5 nitrogen and oxygen atoms in total. The molecule has 0 bridgehead atoms. The highest BCUT2D eigenvalue weighted by atomic mass is 35.5. The molecule has 0 aliphatic heterocycles. The van der Waals surface area contributed by atoms with E-state index in [1.807, 2.05) is 4.72 Å². The molecule has 0 atom stereocenters. The van der Waals surface area contributed by atoms with Crippen molar-refractivity contribution in [3.63, 3.8) is 0 Å². The largest absolute Gasteiger partial charge is 0.443 e. The van der Waals surface area contributed by atoms with Gasteiger partial charge in [0.25, 0.3) is 0 Å². The Balaban J connectivity index is 2.75. The summed E-state index contributed by atoms with van der Waals surface area (Å²) >= 11 is 11.5. The number of carbonyl (C=O) groups excluding carboxylic acids is 1. The summed E-state index contributed by atoms with van der Waals surface area (Å²) in [7, 11) is -3.86. The molecule has 20 heavy (non-hydrogen) atoms. The van der Waals surface area contributed by atoms with E-state index in [2.05, 4.69) is 0 Å². The van der Waals surface area contributed by atoms with Gasteiger partial charge in [0.2, 0.25) is 10.0 Å². The number of sulfonamides is 1. The summed E-state index contributed by atoms with van der Waals surface area (Å²) < 4.78 is 30.3. The number of amides is 1. The minimum atomic E-state index is -3.86. The Morgan fingerprint density at radius 2 is 1.85 bits per heavy atom. The van der Waals surface area contributed by atoms with Crippen molar-refractivity contribution in [2.45, 2.75) is 32.1 Å². The lowest BCUT2D eigenvalue weighted by Gasteiger charge is -2.19. The van der Waals surface area contributed by atoms with E-state index in [0.29, 0.717) is 10.6 Å². The maximum absolute atomic E-state index is 11.8. The second-order valence-electron chi connectivity index (χ2n) is 5.11. The zero-order valence-electron chi connectivity index (χ0n) is 11.2. The first-order valence-corrected chi connectivity index (χ1v) is 8.07. The van der Waals surface area contributed by atoms with Gasteiger partial charge in [0.15, 0.2) is 0 Å². The summed E-state index contributed by atoms with van der Waals surface area (Å²) in [5.41, 5.74) is -0.362. The molecule has 8 heteroatoms. The topological polar surface area (TPSA) is 72.5 Å². The van der Waals surface area contributed by atoms with Crippen LogP contribution in [0.5, 0.6) is 0 Å². The fourth-order valence-corrected chi connectivity index (χ4v) is 2.62. The molecule has 1 rings (SSSR count). The van der Waals surface area contributed by atoms with E-state index in [1.54, 1.807) is 20.8 Å². The summed E-state index contributed by atoms with van der Waals surface area (Å²) in [5.74, 6) is -0.400. The number of halogens is 2. The molecule has 0 radical (unpaired) electrons. The standard InChI is InChI=1S/C12H15Cl2NO4S/c1-12(2,3)19-11(16)15-20(17,18)7-8-4-5-9(13)10(14)6-8/h4-6H,7H2,1-3H3,(H,15,16). The smallest absolute Gasteiger partial charge is 0.421 e. The minimum absolute atomic E-state index is 0.247. The van der Waals surface area contributed by atoms with Gasteiger partial charge in [0, 0.05) is 0 Å². The Morgan fingerprint density at radius 1 is 1.25 bits per heavy atom. The van der Waals surface area contributed by atoms with Crippen molar-refractivity contribution in [2.75, 3.05) is 0 Å². The average molecular weight is 340 g/mol. The number of benzene rings is 1. The highest BCUT2D eigenvalue weighted by Gasteiger charge is 2.21. The number of hydrogen-bond donors (Lipinski definition) is 1. The summed E-state index contributed by atoms with van der Waals surface area (Å²) in [6, 6.07) is 4.43. The molecular formula is C12H15Cl2NO4S. The van der Waals surface area contributed by atoms with Crippen molar-refractivity contribution >= 4 is 39.3 Å². The molecule has 0 aliphatic rings. The molecule has 0 heterocycles. The lowest BCUT2D eigenvalue weighted by molar-refractivity contribution is 0.0570. The predicted octanol–water partition coefficient (Wildman–Crippen LogP) is 3.35. The Morgan fingerprint density at radius 3 is 2.35 bits per heavy atom. The van der Waals surface area contributed by atoms with E-state index >= 15 is 0 Å². The van der Waals surface area contributed by atoms with Crippen LogP contribution in [0, 0.1) is 0 Å². The third-order valence-corrected chi connectivity index (χ3v) is 3.91. The monoisotopic (exact) mass is 339 g/mol. The number of rotatable bonds is 3. The molecule has 1 aromatic rings. The first-order valence-electron chi connectivity index (χ1n) is 5.66. The molecule has 1 N–H and O–H groups in total. The highest BCUT2D eigenvalue weighted by molar-refractivity contribution is 7.89. The zero-order valence-corrected chi connectivity index (χ0v) is 13.6. The Hall–Kier alpha value is -0.980. The van der Waals surface area contributed by atoms with Crippen LogP contribution < -0.4 is 4.72 Å². The molecule has 0 saturated heterocycles.